The van der Waals surface area contributed by atoms with Crippen LogP contribution in [0.3, 0.4) is 0 Å². The van der Waals surface area contributed by atoms with Gasteiger partial charge in [-0.25, -0.2) is 18.4 Å². The molecule has 0 unspecified atom stereocenters. The number of aryl methyl sites for hydroxylation is 2. The van der Waals surface area contributed by atoms with E-state index in [1.165, 1.54) is 0 Å². The molecule has 0 atom stereocenters. The minimum atomic E-state index is -2.66. The lowest BCUT2D eigenvalue weighted by molar-refractivity contribution is 0.0998. The number of ether oxygens (including phenoxy) is 1. The Morgan fingerprint density at radius 2 is 1.79 bits per heavy atom. The maximum absolute atomic E-state index is 14.6. The molecule has 4 heterocycles. The highest BCUT2D eigenvalue weighted by Crippen LogP contribution is 2.45. The summed E-state index contributed by atoms with van der Waals surface area (Å²) in [5.41, 5.74) is 8.94. The van der Waals surface area contributed by atoms with Gasteiger partial charge in [-0.2, -0.15) is 5.10 Å². The number of fused-ring (bicyclic) bond motifs is 2. The van der Waals surface area contributed by atoms with Gasteiger partial charge in [-0.3, -0.25) is 4.68 Å². The number of amides is 3. The first kappa shape index (κ1) is 31.4. The van der Waals surface area contributed by atoms with Crippen LogP contribution in [0, 0.1) is 0 Å². The second-order valence-electron chi connectivity index (χ2n) is 12.5. The van der Waals surface area contributed by atoms with Crippen molar-refractivity contribution < 1.29 is 23.1 Å². The number of hydrogen-bond acceptors (Lipinski definition) is 5. The standard InChI is InChI=1S/C37H38F2N6O3/c1-40-36(46)44-21-28-15-27(25-10-13-43(14-11-25)37(47)48-23-24-7-4-3-5-8-24)17-34(32(28)22-44)45-12-6-9-26-16-30(29-19-41-42(2)20-29)31(35(38)39)18-33(26)45/h3-5,7-8,10,15-20,35H,6,9,11-14,21-23H2,1-2H3,(H,40,46). The van der Waals surface area contributed by atoms with Gasteiger partial charge in [-0.05, 0) is 76.9 Å². The van der Waals surface area contributed by atoms with Gasteiger partial charge >= 0.3 is 12.1 Å². The molecule has 7 rings (SSSR count). The van der Waals surface area contributed by atoms with Crippen molar-refractivity contribution in [1.82, 2.24) is 24.9 Å². The normalized spacial score (nSPS) is 15.7. The molecule has 0 saturated heterocycles. The Hall–Kier alpha value is -5.19. The van der Waals surface area contributed by atoms with Crippen molar-refractivity contribution in [2.45, 2.75) is 45.4 Å². The zero-order chi connectivity index (χ0) is 33.4. The van der Waals surface area contributed by atoms with Crippen LogP contribution in [0.1, 0.15) is 52.6 Å². The molecule has 0 aliphatic carbocycles. The number of rotatable bonds is 6. The third-order valence-corrected chi connectivity index (χ3v) is 9.48. The second-order valence-corrected chi connectivity index (χ2v) is 12.5. The Bertz CT molecular complexity index is 1890. The number of carbonyl (C=O) groups is 2. The number of benzene rings is 3. The van der Waals surface area contributed by atoms with Crippen LogP contribution in [0.15, 0.2) is 73.1 Å². The molecule has 0 saturated carbocycles. The number of urea groups is 1. The first-order valence-corrected chi connectivity index (χ1v) is 16.3. The summed E-state index contributed by atoms with van der Waals surface area (Å²) < 4.78 is 36.4. The van der Waals surface area contributed by atoms with Gasteiger partial charge < -0.3 is 24.8 Å². The Kier molecular flexibility index (Phi) is 8.60. The van der Waals surface area contributed by atoms with Crippen LogP contribution in [0.5, 0.6) is 0 Å². The molecule has 3 aromatic carbocycles. The molecule has 0 fully saturated rings. The fourth-order valence-corrected chi connectivity index (χ4v) is 7.02. The van der Waals surface area contributed by atoms with E-state index in [0.717, 1.165) is 57.6 Å². The van der Waals surface area contributed by atoms with Gasteiger partial charge in [0.05, 0.1) is 12.7 Å². The van der Waals surface area contributed by atoms with Gasteiger partial charge in [0.25, 0.3) is 6.43 Å². The molecule has 0 spiro atoms. The zero-order valence-corrected chi connectivity index (χ0v) is 27.1. The van der Waals surface area contributed by atoms with Crippen molar-refractivity contribution in [2.24, 2.45) is 7.05 Å². The fourth-order valence-electron chi connectivity index (χ4n) is 7.02. The summed E-state index contributed by atoms with van der Waals surface area (Å²) in [6.45, 7) is 2.68. The van der Waals surface area contributed by atoms with E-state index in [-0.39, 0.29) is 24.3 Å². The summed E-state index contributed by atoms with van der Waals surface area (Å²) in [5.74, 6) is 0. The summed E-state index contributed by atoms with van der Waals surface area (Å²) >= 11 is 0. The molecule has 11 heteroatoms. The van der Waals surface area contributed by atoms with Gasteiger partial charge in [0, 0.05) is 74.5 Å². The topological polar surface area (TPSA) is 82.9 Å². The van der Waals surface area contributed by atoms with E-state index < -0.39 is 6.43 Å². The van der Waals surface area contributed by atoms with Crippen LogP contribution in [0.4, 0.5) is 29.7 Å². The van der Waals surface area contributed by atoms with Gasteiger partial charge in [0.2, 0.25) is 0 Å². The van der Waals surface area contributed by atoms with E-state index >= 15 is 0 Å². The van der Waals surface area contributed by atoms with Crippen molar-refractivity contribution in [3.8, 4) is 11.1 Å². The number of aromatic nitrogens is 2. The number of nitrogens with zero attached hydrogens (tertiary/aromatic N) is 5. The molecule has 1 N–H and O–H groups in total. The molecule has 0 bridgehead atoms. The molecule has 3 aliphatic rings. The van der Waals surface area contributed by atoms with Crippen molar-refractivity contribution in [2.75, 3.05) is 31.6 Å². The average Bonchev–Trinajstić information content (AvgIpc) is 3.76. The van der Waals surface area contributed by atoms with Gasteiger partial charge in [0.1, 0.15) is 6.61 Å². The number of nitrogens with one attached hydrogen (secondary N) is 1. The Morgan fingerprint density at radius 1 is 0.958 bits per heavy atom. The van der Waals surface area contributed by atoms with Crippen LogP contribution in [0.25, 0.3) is 16.7 Å². The second kappa shape index (κ2) is 13.1. The van der Waals surface area contributed by atoms with E-state index in [1.807, 2.05) is 36.4 Å². The molecule has 48 heavy (non-hydrogen) atoms. The highest BCUT2D eigenvalue weighted by atomic mass is 19.3. The van der Waals surface area contributed by atoms with E-state index in [4.69, 9.17) is 4.74 Å². The monoisotopic (exact) mass is 652 g/mol. The van der Waals surface area contributed by atoms with Crippen molar-refractivity contribution in [3.63, 3.8) is 0 Å². The number of hydrogen-bond donors (Lipinski definition) is 1. The molecular formula is C37H38F2N6O3. The van der Waals surface area contributed by atoms with E-state index in [2.05, 4.69) is 33.5 Å². The van der Waals surface area contributed by atoms with Crippen LogP contribution < -0.4 is 10.2 Å². The van der Waals surface area contributed by atoms with E-state index in [1.54, 1.807) is 47.0 Å². The average molecular weight is 653 g/mol. The molecule has 3 amide bonds. The first-order valence-electron chi connectivity index (χ1n) is 16.3. The first-order chi connectivity index (χ1) is 23.3. The molecular weight excluding hydrogens is 614 g/mol. The highest BCUT2D eigenvalue weighted by molar-refractivity contribution is 5.83. The summed E-state index contributed by atoms with van der Waals surface area (Å²) in [6, 6.07) is 17.2. The lowest BCUT2D eigenvalue weighted by Crippen LogP contribution is -2.35. The molecule has 248 valence electrons. The van der Waals surface area contributed by atoms with Gasteiger partial charge in [-0.15, -0.1) is 0 Å². The van der Waals surface area contributed by atoms with Crippen molar-refractivity contribution in [1.29, 1.82) is 0 Å². The molecule has 3 aliphatic heterocycles. The maximum Gasteiger partial charge on any atom is 0.410 e. The lowest BCUT2D eigenvalue weighted by Gasteiger charge is -2.34. The predicted octanol–water partition coefficient (Wildman–Crippen LogP) is 7.19. The number of carbonyl (C=O) groups excluding carboxylic acids is 2. The Labute approximate surface area is 278 Å². The Morgan fingerprint density at radius 3 is 2.50 bits per heavy atom. The zero-order valence-electron chi connectivity index (χ0n) is 27.1. The quantitative estimate of drug-likeness (QED) is 0.239. The van der Waals surface area contributed by atoms with Gasteiger partial charge in [-0.1, -0.05) is 36.4 Å². The van der Waals surface area contributed by atoms with E-state index in [0.29, 0.717) is 50.3 Å². The van der Waals surface area contributed by atoms with Crippen LogP contribution >= 0.6 is 0 Å². The van der Waals surface area contributed by atoms with E-state index in [9.17, 15) is 18.4 Å². The van der Waals surface area contributed by atoms with Crippen LogP contribution in [-0.4, -0.2) is 58.4 Å². The fraction of sp³-hybridized carbons (Fsp3) is 0.324. The molecule has 9 nitrogen and oxygen atoms in total. The molecule has 1 aromatic heterocycles. The summed E-state index contributed by atoms with van der Waals surface area (Å²) in [7, 11) is 3.39. The van der Waals surface area contributed by atoms with Gasteiger partial charge in [0.15, 0.2) is 0 Å². The molecule has 0 radical (unpaired) electrons. The lowest BCUT2D eigenvalue weighted by atomic mass is 9.91. The summed E-state index contributed by atoms with van der Waals surface area (Å²) in [5, 5.41) is 6.95. The van der Waals surface area contributed by atoms with Crippen molar-refractivity contribution >= 4 is 29.1 Å². The smallest absolute Gasteiger partial charge is 0.410 e. The van der Waals surface area contributed by atoms with Crippen molar-refractivity contribution in [3.05, 3.63) is 106 Å². The highest BCUT2D eigenvalue weighted by Gasteiger charge is 2.32. The minimum absolute atomic E-state index is 0.0253. The number of alkyl halides is 2. The largest absolute Gasteiger partial charge is 0.445 e. The third-order valence-electron chi connectivity index (χ3n) is 9.48. The Balaban J connectivity index is 1.22. The minimum Gasteiger partial charge on any atom is -0.445 e. The summed E-state index contributed by atoms with van der Waals surface area (Å²) in [4.78, 5) is 31.2. The van der Waals surface area contributed by atoms with Crippen LogP contribution in [0.2, 0.25) is 0 Å². The number of anilines is 2. The number of halogens is 2. The van der Waals surface area contributed by atoms with Crippen LogP contribution in [-0.2, 0) is 37.9 Å². The third kappa shape index (κ3) is 6.12. The predicted molar refractivity (Wildman–Crippen MR) is 180 cm³/mol. The summed E-state index contributed by atoms with van der Waals surface area (Å²) in [6.07, 6.45) is 4.70. The maximum atomic E-state index is 14.6. The SMILES string of the molecule is CNC(=O)N1Cc2cc(C3=CCN(C(=O)OCc4ccccc4)CC3)cc(N3CCCc4cc(-c5cnn(C)c5)c(C(F)F)cc43)c2C1. The molecule has 4 aromatic rings.